The lowest BCUT2D eigenvalue weighted by molar-refractivity contribution is -0.141. The van der Waals surface area contributed by atoms with Crippen molar-refractivity contribution in [3.63, 3.8) is 0 Å². The molecule has 1 heterocycles. The van der Waals surface area contributed by atoms with E-state index in [0.29, 0.717) is 32.3 Å². The van der Waals surface area contributed by atoms with E-state index >= 15 is 0 Å². The van der Waals surface area contributed by atoms with E-state index in [9.17, 15) is 4.79 Å². The first kappa shape index (κ1) is 12.5. The van der Waals surface area contributed by atoms with E-state index in [1.165, 1.54) is 0 Å². The molecule has 0 atom stereocenters. The van der Waals surface area contributed by atoms with Gasteiger partial charge >= 0.3 is 0 Å². The Bertz CT molecular complexity index is 221. The molecule has 1 amide bonds. The number of nitrogens with zero attached hydrogens (tertiary/aromatic N) is 1. The maximum absolute atomic E-state index is 12.2. The highest BCUT2D eigenvalue weighted by Gasteiger charge is 2.32. The first-order chi connectivity index (χ1) is 6.93. The number of carbonyl (C=O) groups excluding carboxylic acids is 1. The first-order valence-electron chi connectivity index (χ1n) is 5.58. The van der Waals surface area contributed by atoms with Crippen LogP contribution in [0.1, 0.15) is 27.7 Å². The number of hydrogen-bond acceptors (Lipinski definition) is 3. The Morgan fingerprint density at radius 2 is 1.87 bits per heavy atom. The lowest BCUT2D eigenvalue weighted by Gasteiger charge is -2.35. The van der Waals surface area contributed by atoms with E-state index in [-0.39, 0.29) is 5.91 Å². The predicted octanol–water partition coefficient (Wildman–Crippen LogP) is 0.622. The van der Waals surface area contributed by atoms with Crippen molar-refractivity contribution < 1.29 is 9.53 Å². The summed E-state index contributed by atoms with van der Waals surface area (Å²) in [5.74, 6) is 0.166. The molecular formula is C11H22N2O2. The van der Waals surface area contributed by atoms with Gasteiger partial charge in [0.1, 0.15) is 0 Å². The fourth-order valence-electron chi connectivity index (χ4n) is 1.95. The zero-order chi connectivity index (χ0) is 11.5. The normalized spacial score (nSPS) is 18.3. The molecule has 0 radical (unpaired) electrons. The topological polar surface area (TPSA) is 41.6 Å². The fourth-order valence-corrected chi connectivity index (χ4v) is 1.95. The minimum absolute atomic E-state index is 0.166. The van der Waals surface area contributed by atoms with E-state index in [2.05, 4.69) is 5.32 Å². The Balaban J connectivity index is 2.56. The van der Waals surface area contributed by atoms with Crippen molar-refractivity contribution >= 4 is 5.91 Å². The van der Waals surface area contributed by atoms with Crippen LogP contribution in [0.3, 0.4) is 0 Å². The zero-order valence-electron chi connectivity index (χ0n) is 10.2. The van der Waals surface area contributed by atoms with Crippen LogP contribution in [0.5, 0.6) is 0 Å². The van der Waals surface area contributed by atoms with Crippen molar-refractivity contribution in [1.29, 1.82) is 0 Å². The lowest BCUT2D eigenvalue weighted by atomic mass is 10.0. The Labute approximate surface area is 92.0 Å². The summed E-state index contributed by atoms with van der Waals surface area (Å²) < 4.78 is 5.23. The van der Waals surface area contributed by atoms with E-state index in [0.717, 1.165) is 0 Å². The van der Waals surface area contributed by atoms with E-state index in [1.807, 2.05) is 32.6 Å². The smallest absolute Gasteiger partial charge is 0.242 e. The molecule has 1 saturated heterocycles. The van der Waals surface area contributed by atoms with Crippen LogP contribution in [0, 0.1) is 0 Å². The van der Waals surface area contributed by atoms with E-state index in [1.54, 1.807) is 0 Å². The van der Waals surface area contributed by atoms with Gasteiger partial charge in [-0.1, -0.05) is 0 Å². The summed E-state index contributed by atoms with van der Waals surface area (Å²) >= 11 is 0. The Morgan fingerprint density at radius 3 is 2.33 bits per heavy atom. The average Bonchev–Trinajstić information content (AvgIpc) is 2.16. The monoisotopic (exact) mass is 214 g/mol. The highest BCUT2D eigenvalue weighted by atomic mass is 16.5. The summed E-state index contributed by atoms with van der Waals surface area (Å²) in [5, 5.41) is 3.28. The van der Waals surface area contributed by atoms with Gasteiger partial charge in [0.2, 0.25) is 5.91 Å². The molecule has 4 nitrogen and oxygen atoms in total. The summed E-state index contributed by atoms with van der Waals surface area (Å²) in [7, 11) is 0. The van der Waals surface area contributed by atoms with Gasteiger partial charge in [-0.2, -0.15) is 0 Å². The first-order valence-corrected chi connectivity index (χ1v) is 5.58. The molecule has 0 aromatic carbocycles. The predicted molar refractivity (Wildman–Crippen MR) is 59.7 cm³/mol. The third-order valence-electron chi connectivity index (χ3n) is 2.48. The maximum Gasteiger partial charge on any atom is 0.242 e. The molecule has 0 bridgehead atoms. The van der Waals surface area contributed by atoms with Crippen LogP contribution < -0.4 is 5.32 Å². The summed E-state index contributed by atoms with van der Waals surface area (Å²) in [5.41, 5.74) is -0.481. The molecule has 1 aliphatic rings. The molecule has 1 fully saturated rings. The lowest BCUT2D eigenvalue weighted by Crippen LogP contribution is -2.58. The van der Waals surface area contributed by atoms with Gasteiger partial charge in [0.15, 0.2) is 0 Å². The van der Waals surface area contributed by atoms with Crippen LogP contribution in [0.15, 0.2) is 0 Å². The van der Waals surface area contributed by atoms with Crippen molar-refractivity contribution in [3.05, 3.63) is 0 Å². The number of morpholine rings is 1. The molecule has 0 saturated carbocycles. The minimum atomic E-state index is -0.481. The second kappa shape index (κ2) is 4.94. The van der Waals surface area contributed by atoms with Crippen molar-refractivity contribution in [1.82, 2.24) is 10.2 Å². The molecule has 1 N–H and O–H groups in total. The molecule has 0 spiro atoms. The molecule has 15 heavy (non-hydrogen) atoms. The minimum Gasteiger partial charge on any atom is -0.378 e. The van der Waals surface area contributed by atoms with Crippen LogP contribution in [-0.4, -0.2) is 48.7 Å². The van der Waals surface area contributed by atoms with Gasteiger partial charge < -0.3 is 15.0 Å². The molecule has 1 rings (SSSR count). The quantitative estimate of drug-likeness (QED) is 0.749. The third kappa shape index (κ3) is 3.47. The second-order valence-corrected chi connectivity index (χ2v) is 4.83. The summed E-state index contributed by atoms with van der Waals surface area (Å²) in [6.45, 7) is 10.7. The number of ether oxygens (including phenoxy) is 1. The van der Waals surface area contributed by atoms with Gasteiger partial charge in [0.25, 0.3) is 0 Å². The van der Waals surface area contributed by atoms with Crippen LogP contribution in [-0.2, 0) is 9.53 Å². The standard InChI is InChI=1S/C11H22N2O2/c1-9(2)12-11(3,4)10(14)13-5-7-15-8-6-13/h9,12H,5-8H2,1-4H3. The molecule has 0 aromatic rings. The molecular weight excluding hydrogens is 192 g/mol. The fraction of sp³-hybridized carbons (Fsp3) is 0.909. The van der Waals surface area contributed by atoms with Gasteiger partial charge in [-0.05, 0) is 27.7 Å². The zero-order valence-corrected chi connectivity index (χ0v) is 10.2. The second-order valence-electron chi connectivity index (χ2n) is 4.83. The molecule has 0 unspecified atom stereocenters. The van der Waals surface area contributed by atoms with Gasteiger partial charge in [0.05, 0.1) is 18.8 Å². The Hall–Kier alpha value is -0.610. The molecule has 88 valence electrons. The van der Waals surface area contributed by atoms with Crippen LogP contribution in [0.4, 0.5) is 0 Å². The van der Waals surface area contributed by atoms with Crippen LogP contribution >= 0.6 is 0 Å². The number of amides is 1. The van der Waals surface area contributed by atoms with Crippen molar-refractivity contribution in [2.45, 2.75) is 39.3 Å². The highest BCUT2D eigenvalue weighted by Crippen LogP contribution is 2.11. The summed E-state index contributed by atoms with van der Waals surface area (Å²) in [4.78, 5) is 14.0. The highest BCUT2D eigenvalue weighted by molar-refractivity contribution is 5.85. The van der Waals surface area contributed by atoms with Crippen LogP contribution in [0.2, 0.25) is 0 Å². The number of hydrogen-bond donors (Lipinski definition) is 1. The third-order valence-corrected chi connectivity index (χ3v) is 2.48. The van der Waals surface area contributed by atoms with Crippen molar-refractivity contribution in [2.24, 2.45) is 0 Å². The Morgan fingerprint density at radius 1 is 1.33 bits per heavy atom. The molecule has 4 heteroatoms. The molecule has 0 aromatic heterocycles. The van der Waals surface area contributed by atoms with Crippen molar-refractivity contribution in [2.75, 3.05) is 26.3 Å². The molecule has 0 aliphatic carbocycles. The number of rotatable bonds is 3. The van der Waals surface area contributed by atoms with Gasteiger partial charge in [-0.25, -0.2) is 0 Å². The van der Waals surface area contributed by atoms with Gasteiger partial charge in [-0.3, -0.25) is 4.79 Å². The largest absolute Gasteiger partial charge is 0.378 e. The average molecular weight is 214 g/mol. The number of carbonyl (C=O) groups is 1. The van der Waals surface area contributed by atoms with Crippen LogP contribution in [0.25, 0.3) is 0 Å². The molecule has 1 aliphatic heterocycles. The number of nitrogens with one attached hydrogen (secondary N) is 1. The Kier molecular flexibility index (Phi) is 4.11. The summed E-state index contributed by atoms with van der Waals surface area (Å²) in [6, 6.07) is 0.310. The summed E-state index contributed by atoms with van der Waals surface area (Å²) in [6.07, 6.45) is 0. The van der Waals surface area contributed by atoms with Crippen molar-refractivity contribution in [3.8, 4) is 0 Å². The van der Waals surface area contributed by atoms with E-state index < -0.39 is 5.54 Å². The van der Waals surface area contributed by atoms with Gasteiger partial charge in [0, 0.05) is 19.1 Å². The van der Waals surface area contributed by atoms with E-state index in [4.69, 9.17) is 4.74 Å². The van der Waals surface area contributed by atoms with Gasteiger partial charge in [-0.15, -0.1) is 0 Å². The SMILES string of the molecule is CC(C)NC(C)(C)C(=O)N1CCOCC1. The maximum atomic E-state index is 12.2.